The van der Waals surface area contributed by atoms with E-state index < -0.39 is 0 Å². The third kappa shape index (κ3) is 1.69. The molecule has 0 bridgehead atoms. The summed E-state index contributed by atoms with van der Waals surface area (Å²) in [6, 6.07) is 17.1. The van der Waals surface area contributed by atoms with Crippen molar-refractivity contribution in [3.63, 3.8) is 0 Å². The molecule has 0 spiro atoms. The molecule has 0 amide bonds. The normalized spacial score (nSPS) is 15.2. The Morgan fingerprint density at radius 1 is 0.905 bits per heavy atom. The Morgan fingerprint density at radius 2 is 1.71 bits per heavy atom. The van der Waals surface area contributed by atoms with Crippen LogP contribution in [0, 0.1) is 6.92 Å². The van der Waals surface area contributed by atoms with Crippen LogP contribution in [0.25, 0.3) is 10.9 Å². The summed E-state index contributed by atoms with van der Waals surface area (Å²) >= 11 is 0. The van der Waals surface area contributed by atoms with Gasteiger partial charge in [-0.05, 0) is 42.3 Å². The van der Waals surface area contributed by atoms with Gasteiger partial charge < -0.3 is 5.32 Å². The zero-order valence-corrected chi connectivity index (χ0v) is 12.6. The van der Waals surface area contributed by atoms with E-state index in [1.807, 2.05) is 6.92 Å². The molecule has 0 aliphatic carbocycles. The van der Waals surface area contributed by atoms with Gasteiger partial charge in [0.15, 0.2) is 0 Å². The Balaban J connectivity index is 2.08. The van der Waals surface area contributed by atoms with Crippen molar-refractivity contribution in [3.8, 4) is 0 Å². The Labute approximate surface area is 124 Å². The molecule has 0 radical (unpaired) electrons. The fourth-order valence-corrected chi connectivity index (χ4v) is 3.50. The minimum absolute atomic E-state index is 0.0341. The number of benzene rings is 2. The van der Waals surface area contributed by atoms with E-state index in [2.05, 4.69) is 72.7 Å². The standard InChI is InChI=1S/C19H18N2/c1-12-8-9-13-15(20-12)10-11-17-18(13)19(2,3)14-6-4-5-7-16(14)21-17/h4-11,21H,1-3H3. The maximum atomic E-state index is 4.68. The van der Waals surface area contributed by atoms with Crippen molar-refractivity contribution < 1.29 is 0 Å². The van der Waals surface area contributed by atoms with Gasteiger partial charge in [0, 0.05) is 27.9 Å². The molecule has 0 atom stereocenters. The summed E-state index contributed by atoms with van der Waals surface area (Å²) in [6.07, 6.45) is 0. The molecule has 1 aliphatic rings. The van der Waals surface area contributed by atoms with Crippen molar-refractivity contribution in [1.82, 2.24) is 4.98 Å². The van der Waals surface area contributed by atoms with Gasteiger partial charge in [-0.25, -0.2) is 0 Å². The van der Waals surface area contributed by atoms with Crippen LogP contribution in [0.2, 0.25) is 0 Å². The SMILES string of the molecule is Cc1ccc2c3c(ccc2n1)Nc1ccccc1C3(C)C. The number of para-hydroxylation sites is 1. The predicted molar refractivity (Wildman–Crippen MR) is 88.3 cm³/mol. The Bertz CT molecular complexity index is 863. The third-order valence-corrected chi connectivity index (χ3v) is 4.51. The lowest BCUT2D eigenvalue weighted by Crippen LogP contribution is -2.26. The number of hydrogen-bond donors (Lipinski definition) is 1. The summed E-state index contributed by atoms with van der Waals surface area (Å²) in [5.41, 5.74) is 7.17. The molecule has 2 aromatic carbocycles. The quantitative estimate of drug-likeness (QED) is 0.629. The lowest BCUT2D eigenvalue weighted by molar-refractivity contribution is 0.644. The first-order chi connectivity index (χ1) is 10.1. The van der Waals surface area contributed by atoms with Crippen molar-refractivity contribution in [2.45, 2.75) is 26.2 Å². The second kappa shape index (κ2) is 4.08. The number of anilines is 2. The van der Waals surface area contributed by atoms with Crippen LogP contribution in [-0.4, -0.2) is 4.98 Å². The maximum Gasteiger partial charge on any atom is 0.0709 e. The van der Waals surface area contributed by atoms with E-state index >= 15 is 0 Å². The fourth-order valence-electron chi connectivity index (χ4n) is 3.50. The first-order valence-electron chi connectivity index (χ1n) is 7.35. The Hall–Kier alpha value is -2.35. The average molecular weight is 274 g/mol. The van der Waals surface area contributed by atoms with E-state index in [1.54, 1.807) is 0 Å². The molecule has 1 aliphatic heterocycles. The van der Waals surface area contributed by atoms with E-state index in [0.29, 0.717) is 0 Å². The molecular formula is C19H18N2. The first-order valence-corrected chi connectivity index (χ1v) is 7.35. The summed E-state index contributed by atoms with van der Waals surface area (Å²) < 4.78 is 0. The van der Waals surface area contributed by atoms with Crippen LogP contribution < -0.4 is 5.32 Å². The number of fused-ring (bicyclic) bond motifs is 4. The second-order valence-electron chi connectivity index (χ2n) is 6.30. The van der Waals surface area contributed by atoms with Crippen molar-refractivity contribution in [3.05, 3.63) is 65.4 Å². The third-order valence-electron chi connectivity index (χ3n) is 4.51. The minimum atomic E-state index is -0.0341. The molecule has 0 saturated carbocycles. The van der Waals surface area contributed by atoms with Crippen LogP contribution in [0.4, 0.5) is 11.4 Å². The van der Waals surface area contributed by atoms with Gasteiger partial charge >= 0.3 is 0 Å². The van der Waals surface area contributed by atoms with E-state index in [9.17, 15) is 0 Å². The molecular weight excluding hydrogens is 256 g/mol. The first kappa shape index (κ1) is 12.4. The van der Waals surface area contributed by atoms with Gasteiger partial charge in [0.25, 0.3) is 0 Å². The summed E-state index contributed by atoms with van der Waals surface area (Å²) in [5.74, 6) is 0. The zero-order valence-electron chi connectivity index (χ0n) is 12.6. The number of hydrogen-bond acceptors (Lipinski definition) is 2. The van der Waals surface area contributed by atoms with Crippen molar-refractivity contribution in [2.24, 2.45) is 0 Å². The van der Waals surface area contributed by atoms with Crippen LogP contribution in [0.15, 0.2) is 48.5 Å². The van der Waals surface area contributed by atoms with E-state index in [-0.39, 0.29) is 5.41 Å². The van der Waals surface area contributed by atoms with Crippen molar-refractivity contribution >= 4 is 22.3 Å². The summed E-state index contributed by atoms with van der Waals surface area (Å²) in [7, 11) is 0. The highest BCUT2D eigenvalue weighted by atomic mass is 14.9. The van der Waals surface area contributed by atoms with Crippen molar-refractivity contribution in [2.75, 3.05) is 5.32 Å². The minimum Gasteiger partial charge on any atom is -0.355 e. The second-order valence-corrected chi connectivity index (χ2v) is 6.30. The lowest BCUT2D eigenvalue weighted by Gasteiger charge is -2.36. The van der Waals surface area contributed by atoms with Crippen LogP contribution in [0.3, 0.4) is 0 Å². The topological polar surface area (TPSA) is 24.9 Å². The molecule has 2 heteroatoms. The highest BCUT2D eigenvalue weighted by Gasteiger charge is 2.33. The molecule has 2 nitrogen and oxygen atoms in total. The fraction of sp³-hybridized carbons (Fsp3) is 0.211. The monoisotopic (exact) mass is 274 g/mol. The molecule has 21 heavy (non-hydrogen) atoms. The van der Waals surface area contributed by atoms with Gasteiger partial charge in [0.1, 0.15) is 0 Å². The number of rotatable bonds is 0. The molecule has 0 saturated heterocycles. The Kier molecular flexibility index (Phi) is 2.41. The molecule has 3 aromatic rings. The van der Waals surface area contributed by atoms with Gasteiger partial charge in [-0.2, -0.15) is 0 Å². The summed E-state index contributed by atoms with van der Waals surface area (Å²) in [4.78, 5) is 4.68. The molecule has 1 N–H and O–H groups in total. The van der Waals surface area contributed by atoms with Gasteiger partial charge in [0.2, 0.25) is 0 Å². The van der Waals surface area contributed by atoms with E-state index in [1.165, 1.54) is 27.9 Å². The zero-order chi connectivity index (χ0) is 14.6. The van der Waals surface area contributed by atoms with Crippen molar-refractivity contribution in [1.29, 1.82) is 0 Å². The number of nitrogens with one attached hydrogen (secondary N) is 1. The number of nitrogens with zero attached hydrogens (tertiary/aromatic N) is 1. The molecule has 0 fully saturated rings. The van der Waals surface area contributed by atoms with Gasteiger partial charge in [0.05, 0.1) is 5.52 Å². The van der Waals surface area contributed by atoms with Crippen LogP contribution >= 0.6 is 0 Å². The van der Waals surface area contributed by atoms with Crippen LogP contribution in [0.1, 0.15) is 30.7 Å². The highest BCUT2D eigenvalue weighted by molar-refractivity contribution is 5.93. The molecule has 4 rings (SSSR count). The number of aryl methyl sites for hydroxylation is 1. The molecule has 1 aromatic heterocycles. The predicted octanol–water partition coefficient (Wildman–Crippen LogP) is 4.93. The summed E-state index contributed by atoms with van der Waals surface area (Å²) in [6.45, 7) is 6.63. The maximum absolute atomic E-state index is 4.68. The van der Waals surface area contributed by atoms with Gasteiger partial charge in [-0.15, -0.1) is 0 Å². The molecule has 0 unspecified atom stereocenters. The molecule has 104 valence electrons. The van der Waals surface area contributed by atoms with E-state index in [0.717, 1.165) is 11.2 Å². The number of aromatic nitrogens is 1. The van der Waals surface area contributed by atoms with Crippen LogP contribution in [-0.2, 0) is 5.41 Å². The van der Waals surface area contributed by atoms with E-state index in [4.69, 9.17) is 0 Å². The lowest BCUT2D eigenvalue weighted by atomic mass is 9.73. The highest BCUT2D eigenvalue weighted by Crippen LogP contribution is 2.47. The smallest absolute Gasteiger partial charge is 0.0709 e. The van der Waals surface area contributed by atoms with Gasteiger partial charge in [-0.3, -0.25) is 4.98 Å². The number of pyridine rings is 1. The molecule has 2 heterocycles. The average Bonchev–Trinajstić information content (AvgIpc) is 2.47. The van der Waals surface area contributed by atoms with Crippen LogP contribution in [0.5, 0.6) is 0 Å². The van der Waals surface area contributed by atoms with Gasteiger partial charge in [-0.1, -0.05) is 38.1 Å². The summed E-state index contributed by atoms with van der Waals surface area (Å²) in [5, 5.41) is 4.82. The Morgan fingerprint density at radius 3 is 2.57 bits per heavy atom. The largest absolute Gasteiger partial charge is 0.355 e.